The summed E-state index contributed by atoms with van der Waals surface area (Å²) >= 11 is 0. The van der Waals surface area contributed by atoms with Crippen molar-refractivity contribution in [2.45, 2.75) is 37.6 Å². The summed E-state index contributed by atoms with van der Waals surface area (Å²) in [5, 5.41) is 4.57. The smallest absolute Gasteiger partial charge is 0.258 e. The monoisotopic (exact) mass is 360 g/mol. The Hall–Kier alpha value is -1.22. The van der Waals surface area contributed by atoms with Gasteiger partial charge in [-0.05, 0) is 24.8 Å². The molecule has 2 N–H and O–H groups in total. The van der Waals surface area contributed by atoms with Gasteiger partial charge in [0.25, 0.3) is 5.71 Å². The lowest BCUT2D eigenvalue weighted by atomic mass is 9.96. The maximum atomic E-state index is 12.8. The van der Waals surface area contributed by atoms with Crippen LogP contribution in [0.3, 0.4) is 0 Å². The molecule has 1 fully saturated rings. The van der Waals surface area contributed by atoms with E-state index in [1.807, 2.05) is 13.8 Å². The highest BCUT2D eigenvalue weighted by molar-refractivity contribution is 7.89. The number of aryl methyl sites for hydroxylation is 1. The Morgan fingerprint density at radius 2 is 2.22 bits per heavy atom. The number of piperidine rings is 1. The zero-order chi connectivity index (χ0) is 15.9. The van der Waals surface area contributed by atoms with Crippen molar-refractivity contribution < 1.29 is 12.9 Å². The van der Waals surface area contributed by atoms with Crippen molar-refractivity contribution in [2.24, 2.45) is 11.7 Å². The molecule has 7 nitrogen and oxygen atoms in total. The number of nitrogens with zero attached hydrogens (tertiary/aromatic N) is 3. The molecule has 0 aliphatic carbocycles. The van der Waals surface area contributed by atoms with Crippen molar-refractivity contribution in [3.63, 3.8) is 0 Å². The van der Waals surface area contributed by atoms with E-state index in [1.54, 1.807) is 6.07 Å². The van der Waals surface area contributed by atoms with Gasteiger partial charge in [0.15, 0.2) is 0 Å². The van der Waals surface area contributed by atoms with Gasteiger partial charge in [0.05, 0.1) is 17.3 Å². The van der Waals surface area contributed by atoms with Gasteiger partial charge in [-0.15, -0.1) is 12.4 Å². The van der Waals surface area contributed by atoms with Gasteiger partial charge in [-0.1, -0.05) is 19.0 Å². The zero-order valence-corrected chi connectivity index (χ0v) is 14.7. The molecule has 1 saturated heterocycles. The summed E-state index contributed by atoms with van der Waals surface area (Å²) in [4.78, 5) is 4.27. The van der Waals surface area contributed by atoms with E-state index in [1.165, 1.54) is 10.5 Å². The fraction of sp³-hybridized carbons (Fsp3) is 0.571. The van der Waals surface area contributed by atoms with E-state index in [0.717, 1.165) is 0 Å². The molecule has 2 aromatic rings. The number of nitrogens with two attached hydrogens (primary N) is 1. The quantitative estimate of drug-likeness (QED) is 0.891. The van der Waals surface area contributed by atoms with E-state index >= 15 is 0 Å². The standard InChI is InChI=1S/C14H20N4O3S.ClH/c1-3-13-11-6-10(7-16-14(11)21-17-13)22(19,20)18-5-4-12(15)9(2)8-18;/h6-7,9,12H,3-5,8,15H2,1-2H3;1H. The van der Waals surface area contributed by atoms with E-state index < -0.39 is 10.0 Å². The fourth-order valence-electron chi connectivity index (χ4n) is 2.75. The van der Waals surface area contributed by atoms with Crippen LogP contribution in [0.5, 0.6) is 0 Å². The van der Waals surface area contributed by atoms with E-state index in [-0.39, 0.29) is 29.3 Å². The number of fused-ring (bicyclic) bond motifs is 1. The third kappa shape index (κ3) is 3.21. The molecule has 9 heteroatoms. The molecule has 0 amide bonds. The molecule has 1 aliphatic heterocycles. The third-order valence-corrected chi connectivity index (χ3v) is 6.12. The molecule has 128 valence electrons. The van der Waals surface area contributed by atoms with Crippen LogP contribution in [0, 0.1) is 5.92 Å². The predicted molar refractivity (Wildman–Crippen MR) is 88.9 cm³/mol. The molecule has 2 aromatic heterocycles. The normalized spacial score (nSPS) is 22.9. The van der Waals surface area contributed by atoms with Gasteiger partial charge >= 0.3 is 0 Å². The number of sulfonamides is 1. The number of hydrogen-bond donors (Lipinski definition) is 1. The van der Waals surface area contributed by atoms with Crippen molar-refractivity contribution >= 4 is 33.5 Å². The number of pyridine rings is 1. The summed E-state index contributed by atoms with van der Waals surface area (Å²) < 4.78 is 32.2. The molecule has 0 bridgehead atoms. The second kappa shape index (κ2) is 6.72. The Morgan fingerprint density at radius 1 is 1.48 bits per heavy atom. The predicted octanol–water partition coefficient (Wildman–Crippen LogP) is 1.56. The van der Waals surface area contributed by atoms with Crippen molar-refractivity contribution in [1.29, 1.82) is 0 Å². The van der Waals surface area contributed by atoms with Crippen LogP contribution >= 0.6 is 12.4 Å². The van der Waals surface area contributed by atoms with Gasteiger partial charge in [0.1, 0.15) is 4.90 Å². The van der Waals surface area contributed by atoms with Gasteiger partial charge in [-0.3, -0.25) is 0 Å². The molecule has 2 unspecified atom stereocenters. The zero-order valence-electron chi connectivity index (χ0n) is 13.1. The summed E-state index contributed by atoms with van der Waals surface area (Å²) in [6.45, 7) is 4.79. The molecule has 3 heterocycles. The molecular formula is C14H21ClN4O3S. The first kappa shape index (κ1) is 18.1. The molecular weight excluding hydrogens is 340 g/mol. The molecule has 3 rings (SSSR count). The summed E-state index contributed by atoms with van der Waals surface area (Å²) in [5.41, 5.74) is 7.05. The Labute approximate surface area is 141 Å². The molecule has 0 aromatic carbocycles. The summed E-state index contributed by atoms with van der Waals surface area (Å²) in [6, 6.07) is 1.66. The second-order valence-electron chi connectivity index (χ2n) is 5.80. The number of rotatable bonds is 3. The number of aromatic nitrogens is 2. The molecule has 0 saturated carbocycles. The van der Waals surface area contributed by atoms with Crippen LogP contribution in [-0.4, -0.2) is 42.0 Å². The lowest BCUT2D eigenvalue weighted by molar-refractivity contribution is 0.250. The minimum atomic E-state index is -3.57. The molecule has 2 atom stereocenters. The first-order valence-corrected chi connectivity index (χ1v) is 8.87. The molecule has 1 aliphatic rings. The Morgan fingerprint density at radius 3 is 2.87 bits per heavy atom. The van der Waals surface area contributed by atoms with E-state index in [2.05, 4.69) is 10.1 Å². The fourth-order valence-corrected chi connectivity index (χ4v) is 4.28. The van der Waals surface area contributed by atoms with E-state index in [4.69, 9.17) is 10.3 Å². The summed E-state index contributed by atoms with van der Waals surface area (Å²) in [6.07, 6.45) is 2.67. The van der Waals surface area contributed by atoms with Crippen molar-refractivity contribution in [1.82, 2.24) is 14.4 Å². The SMILES string of the molecule is CCc1noc2ncc(S(=O)(=O)N3CCC(N)C(C)C3)cc12.Cl. The molecule has 0 radical (unpaired) electrons. The topological polar surface area (TPSA) is 102 Å². The van der Waals surface area contributed by atoms with Crippen molar-refractivity contribution in [3.8, 4) is 0 Å². The van der Waals surface area contributed by atoms with Gasteiger partial charge in [-0.2, -0.15) is 4.31 Å². The van der Waals surface area contributed by atoms with Crippen LogP contribution in [0.1, 0.15) is 26.0 Å². The van der Waals surface area contributed by atoms with Crippen LogP contribution in [0.25, 0.3) is 11.1 Å². The third-order valence-electron chi connectivity index (χ3n) is 4.29. The minimum absolute atomic E-state index is 0. The average Bonchev–Trinajstić information content (AvgIpc) is 2.92. The molecule has 0 spiro atoms. The first-order valence-electron chi connectivity index (χ1n) is 7.43. The summed E-state index contributed by atoms with van der Waals surface area (Å²) in [5.74, 6) is 0.141. The number of halogens is 1. The Bertz CT molecular complexity index is 792. The maximum absolute atomic E-state index is 12.8. The first-order chi connectivity index (χ1) is 10.4. The largest absolute Gasteiger partial charge is 0.336 e. The minimum Gasteiger partial charge on any atom is -0.336 e. The Balaban J connectivity index is 0.00000192. The van der Waals surface area contributed by atoms with Gasteiger partial charge in [-0.25, -0.2) is 13.4 Å². The van der Waals surface area contributed by atoms with Crippen molar-refractivity contribution in [3.05, 3.63) is 18.0 Å². The summed E-state index contributed by atoms with van der Waals surface area (Å²) in [7, 11) is -3.57. The van der Waals surface area contributed by atoms with Crippen LogP contribution < -0.4 is 5.73 Å². The second-order valence-corrected chi connectivity index (χ2v) is 7.74. The highest BCUT2D eigenvalue weighted by Crippen LogP contribution is 2.26. The lowest BCUT2D eigenvalue weighted by Crippen LogP contribution is -2.48. The highest BCUT2D eigenvalue weighted by Gasteiger charge is 2.32. The van der Waals surface area contributed by atoms with E-state index in [0.29, 0.717) is 42.7 Å². The Kier molecular flexibility index (Phi) is 5.30. The van der Waals surface area contributed by atoms with Crippen LogP contribution in [0.15, 0.2) is 21.7 Å². The molecule has 23 heavy (non-hydrogen) atoms. The van der Waals surface area contributed by atoms with Gasteiger partial charge < -0.3 is 10.3 Å². The van der Waals surface area contributed by atoms with Crippen LogP contribution in [-0.2, 0) is 16.4 Å². The van der Waals surface area contributed by atoms with Crippen molar-refractivity contribution in [2.75, 3.05) is 13.1 Å². The lowest BCUT2D eigenvalue weighted by Gasteiger charge is -2.34. The average molecular weight is 361 g/mol. The maximum Gasteiger partial charge on any atom is 0.258 e. The van der Waals surface area contributed by atoms with Crippen LogP contribution in [0.2, 0.25) is 0 Å². The number of hydrogen-bond acceptors (Lipinski definition) is 6. The van der Waals surface area contributed by atoms with E-state index in [9.17, 15) is 8.42 Å². The van der Waals surface area contributed by atoms with Gasteiger partial charge in [0, 0.05) is 19.1 Å². The van der Waals surface area contributed by atoms with Crippen LogP contribution in [0.4, 0.5) is 0 Å². The van der Waals surface area contributed by atoms with Gasteiger partial charge in [0.2, 0.25) is 10.0 Å². The highest BCUT2D eigenvalue weighted by atomic mass is 35.5.